The molecule has 0 spiro atoms. The quantitative estimate of drug-likeness (QED) is 0.281. The van der Waals surface area contributed by atoms with Gasteiger partial charge in [-0.3, -0.25) is 4.99 Å². The number of nitrogens with zero attached hydrogens (tertiary/aromatic N) is 2. The maximum absolute atomic E-state index is 10.3. The van der Waals surface area contributed by atoms with Gasteiger partial charge in [-0.05, 0) is 37.7 Å². The zero-order chi connectivity index (χ0) is 19.6. The molecule has 6 nitrogen and oxygen atoms in total. The third-order valence-electron chi connectivity index (χ3n) is 5.59. The molecular formula is C22H37IN4O2. The van der Waals surface area contributed by atoms with E-state index < -0.39 is 6.10 Å². The third kappa shape index (κ3) is 8.78. The molecule has 7 heteroatoms. The van der Waals surface area contributed by atoms with Crippen molar-refractivity contribution in [1.29, 1.82) is 0 Å². The van der Waals surface area contributed by atoms with Crippen molar-refractivity contribution < 1.29 is 9.84 Å². The van der Waals surface area contributed by atoms with Crippen LogP contribution in [0.15, 0.2) is 35.3 Å². The number of guanidine groups is 1. The zero-order valence-corrected chi connectivity index (χ0v) is 19.9. The predicted molar refractivity (Wildman–Crippen MR) is 129 cm³/mol. The van der Waals surface area contributed by atoms with Gasteiger partial charge in [0.05, 0.1) is 19.3 Å². The first kappa shape index (κ1) is 24.4. The number of nitrogens with one attached hydrogen (secondary N) is 2. The lowest BCUT2D eigenvalue weighted by Crippen LogP contribution is -2.49. The lowest BCUT2D eigenvalue weighted by Gasteiger charge is -2.34. The maximum atomic E-state index is 10.3. The molecule has 2 aliphatic heterocycles. The van der Waals surface area contributed by atoms with E-state index >= 15 is 0 Å². The Morgan fingerprint density at radius 1 is 1.24 bits per heavy atom. The van der Waals surface area contributed by atoms with Gasteiger partial charge in [0, 0.05) is 45.2 Å². The van der Waals surface area contributed by atoms with Crippen LogP contribution in [0.3, 0.4) is 0 Å². The van der Waals surface area contributed by atoms with E-state index in [1.54, 1.807) is 0 Å². The average molecular weight is 516 g/mol. The first-order valence-corrected chi connectivity index (χ1v) is 10.8. The van der Waals surface area contributed by atoms with E-state index in [0.717, 1.165) is 63.1 Å². The van der Waals surface area contributed by atoms with E-state index in [9.17, 15) is 5.11 Å². The van der Waals surface area contributed by atoms with Crippen molar-refractivity contribution in [1.82, 2.24) is 15.5 Å². The second-order valence-electron chi connectivity index (χ2n) is 8.01. The first-order chi connectivity index (χ1) is 13.7. The van der Waals surface area contributed by atoms with Gasteiger partial charge in [0.1, 0.15) is 0 Å². The Morgan fingerprint density at radius 3 is 2.66 bits per heavy atom. The third-order valence-corrected chi connectivity index (χ3v) is 5.59. The van der Waals surface area contributed by atoms with Crippen LogP contribution >= 0.6 is 24.0 Å². The highest BCUT2D eigenvalue weighted by Crippen LogP contribution is 2.17. The number of hydrogen-bond acceptors (Lipinski definition) is 4. The number of aliphatic imine (C=N–C) groups is 1. The summed E-state index contributed by atoms with van der Waals surface area (Å²) in [6.07, 6.45) is 3.64. The van der Waals surface area contributed by atoms with Crippen LogP contribution < -0.4 is 10.6 Å². The van der Waals surface area contributed by atoms with E-state index in [1.807, 2.05) is 30.3 Å². The summed E-state index contributed by atoms with van der Waals surface area (Å²) in [4.78, 5) is 7.19. The molecule has 164 valence electrons. The van der Waals surface area contributed by atoms with Crippen molar-refractivity contribution in [3.63, 3.8) is 0 Å². The summed E-state index contributed by atoms with van der Waals surface area (Å²) in [6, 6.07) is 10.5. The molecule has 0 bridgehead atoms. The predicted octanol–water partition coefficient (Wildman–Crippen LogP) is 2.26. The molecule has 2 fully saturated rings. The van der Waals surface area contributed by atoms with Crippen molar-refractivity contribution in [2.45, 2.75) is 44.8 Å². The van der Waals surface area contributed by atoms with Gasteiger partial charge in [0.25, 0.3) is 0 Å². The highest BCUT2D eigenvalue weighted by atomic mass is 127. The Labute approximate surface area is 192 Å². The number of rotatable bonds is 8. The SMILES string of the molecule is CCNC(=NCC(O)Cc1ccccc1)NC1CCN(CC2CCOC2)CC1.I. The smallest absolute Gasteiger partial charge is 0.191 e. The number of aliphatic hydroxyl groups excluding tert-OH is 1. The van der Waals surface area contributed by atoms with E-state index in [2.05, 4.69) is 27.4 Å². The molecule has 0 saturated carbocycles. The second-order valence-corrected chi connectivity index (χ2v) is 8.01. The largest absolute Gasteiger partial charge is 0.391 e. The van der Waals surface area contributed by atoms with Crippen LogP contribution in [-0.2, 0) is 11.2 Å². The Bertz CT molecular complexity index is 588. The minimum atomic E-state index is -0.465. The number of hydrogen-bond donors (Lipinski definition) is 3. The van der Waals surface area contributed by atoms with Gasteiger partial charge in [0.2, 0.25) is 0 Å². The highest BCUT2D eigenvalue weighted by molar-refractivity contribution is 14.0. The molecule has 2 atom stereocenters. The fraction of sp³-hybridized carbons (Fsp3) is 0.682. The van der Waals surface area contributed by atoms with Crippen molar-refractivity contribution in [3.8, 4) is 0 Å². The summed E-state index contributed by atoms with van der Waals surface area (Å²) in [7, 11) is 0. The summed E-state index contributed by atoms with van der Waals surface area (Å²) in [5, 5.41) is 17.2. The van der Waals surface area contributed by atoms with E-state index in [0.29, 0.717) is 19.0 Å². The molecule has 2 heterocycles. The Morgan fingerprint density at radius 2 is 2.00 bits per heavy atom. The molecule has 0 radical (unpaired) electrons. The van der Waals surface area contributed by atoms with E-state index in [-0.39, 0.29) is 24.0 Å². The molecule has 0 aromatic heterocycles. The van der Waals surface area contributed by atoms with Gasteiger partial charge in [0.15, 0.2) is 5.96 Å². The Kier molecular flexibility index (Phi) is 11.3. The standard InChI is InChI=1S/C22H36N4O2.HI/c1-2-23-22(24-15-21(27)14-18-6-4-3-5-7-18)25-20-8-11-26(12-9-20)16-19-10-13-28-17-19;/h3-7,19-21,27H,2,8-17H2,1H3,(H2,23,24,25);1H. The van der Waals surface area contributed by atoms with Gasteiger partial charge in [-0.25, -0.2) is 0 Å². The van der Waals surface area contributed by atoms with Crippen LogP contribution in [0.25, 0.3) is 0 Å². The summed E-state index contributed by atoms with van der Waals surface area (Å²) < 4.78 is 5.50. The first-order valence-electron chi connectivity index (χ1n) is 10.8. The number of benzene rings is 1. The lowest BCUT2D eigenvalue weighted by atomic mass is 10.0. The van der Waals surface area contributed by atoms with E-state index in [1.165, 1.54) is 13.0 Å². The van der Waals surface area contributed by atoms with Crippen LogP contribution in [0.4, 0.5) is 0 Å². The molecule has 2 saturated heterocycles. The maximum Gasteiger partial charge on any atom is 0.191 e. The number of ether oxygens (including phenoxy) is 1. The lowest BCUT2D eigenvalue weighted by molar-refractivity contribution is 0.150. The molecule has 2 aliphatic rings. The molecule has 3 N–H and O–H groups in total. The molecule has 1 aromatic rings. The summed E-state index contributed by atoms with van der Waals surface area (Å²) in [6.45, 7) is 8.60. The topological polar surface area (TPSA) is 69.1 Å². The fourth-order valence-corrected chi connectivity index (χ4v) is 4.01. The van der Waals surface area contributed by atoms with Crippen LogP contribution in [-0.4, -0.2) is 74.0 Å². The molecular weight excluding hydrogens is 479 g/mol. The Balaban J connectivity index is 0.00000300. The van der Waals surface area contributed by atoms with Gasteiger partial charge >= 0.3 is 0 Å². The van der Waals surface area contributed by atoms with Gasteiger partial charge in [-0.15, -0.1) is 24.0 Å². The van der Waals surface area contributed by atoms with Crippen LogP contribution in [0.2, 0.25) is 0 Å². The van der Waals surface area contributed by atoms with Crippen molar-refractivity contribution in [2.75, 3.05) is 45.9 Å². The Hall–Kier alpha value is -0.900. The van der Waals surface area contributed by atoms with Crippen molar-refractivity contribution >= 4 is 29.9 Å². The summed E-state index contributed by atoms with van der Waals surface area (Å²) in [5.41, 5.74) is 1.14. The molecule has 3 rings (SSSR count). The molecule has 1 aromatic carbocycles. The molecule has 29 heavy (non-hydrogen) atoms. The number of aliphatic hydroxyl groups is 1. The summed E-state index contributed by atoms with van der Waals surface area (Å²) in [5.74, 6) is 1.53. The molecule has 0 aliphatic carbocycles. The normalized spacial score (nSPS) is 22.1. The van der Waals surface area contributed by atoms with Crippen molar-refractivity contribution in [3.05, 3.63) is 35.9 Å². The fourth-order valence-electron chi connectivity index (χ4n) is 4.01. The number of halogens is 1. The van der Waals surface area contributed by atoms with E-state index in [4.69, 9.17) is 4.74 Å². The second kappa shape index (κ2) is 13.4. The highest BCUT2D eigenvalue weighted by Gasteiger charge is 2.24. The van der Waals surface area contributed by atoms with Gasteiger partial charge in [-0.1, -0.05) is 30.3 Å². The average Bonchev–Trinajstić information content (AvgIpc) is 3.22. The molecule has 2 unspecified atom stereocenters. The van der Waals surface area contributed by atoms with Gasteiger partial charge < -0.3 is 25.4 Å². The van der Waals surface area contributed by atoms with Crippen LogP contribution in [0.1, 0.15) is 31.7 Å². The van der Waals surface area contributed by atoms with Gasteiger partial charge in [-0.2, -0.15) is 0 Å². The monoisotopic (exact) mass is 516 g/mol. The van der Waals surface area contributed by atoms with Crippen LogP contribution in [0, 0.1) is 5.92 Å². The number of piperidine rings is 1. The molecule has 0 amide bonds. The minimum absolute atomic E-state index is 0. The van der Waals surface area contributed by atoms with Crippen LogP contribution in [0.5, 0.6) is 0 Å². The summed E-state index contributed by atoms with van der Waals surface area (Å²) >= 11 is 0. The van der Waals surface area contributed by atoms with Crippen molar-refractivity contribution in [2.24, 2.45) is 10.9 Å². The minimum Gasteiger partial charge on any atom is -0.391 e. The number of likely N-dealkylation sites (tertiary alicyclic amines) is 1. The zero-order valence-electron chi connectivity index (χ0n) is 17.6.